The zero-order valence-corrected chi connectivity index (χ0v) is 11.3. The zero-order chi connectivity index (χ0) is 13.7. The van der Waals surface area contributed by atoms with Gasteiger partial charge in [-0.1, -0.05) is 43.2 Å². The van der Waals surface area contributed by atoms with Gasteiger partial charge >= 0.3 is 5.97 Å². The minimum absolute atomic E-state index is 0.105. The molecule has 0 aliphatic heterocycles. The molecular weight excluding hydrogens is 240 g/mol. The Hall–Kier alpha value is -1.64. The first-order valence-corrected chi connectivity index (χ1v) is 6.88. The maximum Gasteiger partial charge on any atom is 0.308 e. The molecule has 0 saturated heterocycles. The van der Waals surface area contributed by atoms with Gasteiger partial charge in [0, 0.05) is 12.0 Å². The third-order valence-corrected chi connectivity index (χ3v) is 3.96. The van der Waals surface area contributed by atoms with Crippen LogP contribution in [0.5, 0.6) is 0 Å². The molecule has 0 radical (unpaired) electrons. The molecule has 1 fully saturated rings. The molecule has 0 unspecified atom stereocenters. The summed E-state index contributed by atoms with van der Waals surface area (Å²) < 4.78 is 4.86. The number of carbonyl (C=O) groups is 2. The van der Waals surface area contributed by atoms with Gasteiger partial charge in [-0.3, -0.25) is 9.59 Å². The van der Waals surface area contributed by atoms with E-state index in [-0.39, 0.29) is 23.6 Å². The molecule has 0 N–H and O–H groups in total. The van der Waals surface area contributed by atoms with Crippen molar-refractivity contribution >= 4 is 11.8 Å². The average molecular weight is 260 g/mol. The predicted octanol–water partition coefficient (Wildman–Crippen LogP) is 3.24. The Morgan fingerprint density at radius 1 is 1.16 bits per heavy atom. The first-order valence-electron chi connectivity index (χ1n) is 6.88. The number of ketones is 1. The molecule has 102 valence electrons. The van der Waals surface area contributed by atoms with Crippen LogP contribution in [-0.4, -0.2) is 18.9 Å². The predicted molar refractivity (Wildman–Crippen MR) is 72.9 cm³/mol. The summed E-state index contributed by atoms with van der Waals surface area (Å²) in [6.45, 7) is 0. The molecule has 2 atom stereocenters. The summed E-state index contributed by atoms with van der Waals surface area (Å²) in [5.74, 6) is -0.00715. The number of benzene rings is 1. The number of methoxy groups -OCH3 is 1. The van der Waals surface area contributed by atoms with Crippen molar-refractivity contribution in [3.63, 3.8) is 0 Å². The third-order valence-electron chi connectivity index (χ3n) is 3.96. The van der Waals surface area contributed by atoms with Crippen LogP contribution in [0.4, 0.5) is 0 Å². The summed E-state index contributed by atoms with van der Waals surface area (Å²) >= 11 is 0. The lowest BCUT2D eigenvalue weighted by molar-refractivity contribution is -0.148. The highest BCUT2D eigenvalue weighted by molar-refractivity contribution is 5.96. The van der Waals surface area contributed by atoms with Crippen molar-refractivity contribution in [1.29, 1.82) is 0 Å². The van der Waals surface area contributed by atoms with Crippen molar-refractivity contribution in [2.75, 3.05) is 7.11 Å². The van der Waals surface area contributed by atoms with Crippen molar-refractivity contribution in [2.24, 2.45) is 11.8 Å². The second kappa shape index (κ2) is 6.50. The maximum atomic E-state index is 12.2. The minimum Gasteiger partial charge on any atom is -0.469 e. The summed E-state index contributed by atoms with van der Waals surface area (Å²) in [6.07, 6.45) is 4.39. The molecular formula is C16H20O3. The largest absolute Gasteiger partial charge is 0.469 e. The molecule has 0 amide bonds. The number of hydrogen-bond acceptors (Lipinski definition) is 3. The Labute approximate surface area is 114 Å². The fourth-order valence-corrected chi connectivity index (χ4v) is 2.89. The standard InChI is InChI=1S/C16H20O3/c1-19-16(18)14-10-6-5-9-13(14)11-15(17)12-7-3-2-4-8-12/h2-4,7-8,13-14H,5-6,9-11H2,1H3/t13-,14+/m1/s1. The molecule has 1 aliphatic rings. The van der Waals surface area contributed by atoms with Crippen LogP contribution in [0.25, 0.3) is 0 Å². The van der Waals surface area contributed by atoms with Gasteiger partial charge in [-0.05, 0) is 18.8 Å². The van der Waals surface area contributed by atoms with Crippen molar-refractivity contribution < 1.29 is 14.3 Å². The van der Waals surface area contributed by atoms with Gasteiger partial charge < -0.3 is 4.74 Å². The van der Waals surface area contributed by atoms with Gasteiger partial charge in [-0.15, -0.1) is 0 Å². The van der Waals surface area contributed by atoms with Crippen LogP contribution in [-0.2, 0) is 9.53 Å². The molecule has 1 aliphatic carbocycles. The SMILES string of the molecule is COC(=O)[C@H]1CCCC[C@@H]1CC(=O)c1ccccc1. The Balaban J connectivity index is 2.03. The van der Waals surface area contributed by atoms with Crippen LogP contribution in [0.1, 0.15) is 42.5 Å². The first kappa shape index (κ1) is 13.8. The number of hydrogen-bond donors (Lipinski definition) is 0. The quantitative estimate of drug-likeness (QED) is 0.616. The summed E-state index contributed by atoms with van der Waals surface area (Å²) in [6, 6.07) is 9.29. The van der Waals surface area contributed by atoms with Crippen molar-refractivity contribution in [1.82, 2.24) is 0 Å². The van der Waals surface area contributed by atoms with E-state index in [1.807, 2.05) is 30.3 Å². The van der Waals surface area contributed by atoms with E-state index < -0.39 is 0 Å². The second-order valence-electron chi connectivity index (χ2n) is 5.17. The number of ether oxygens (including phenoxy) is 1. The Bertz CT molecular complexity index is 439. The highest BCUT2D eigenvalue weighted by Crippen LogP contribution is 2.34. The molecule has 1 aromatic rings. The normalized spacial score (nSPS) is 22.8. The molecule has 0 heterocycles. The fourth-order valence-electron chi connectivity index (χ4n) is 2.89. The molecule has 3 nitrogen and oxygen atoms in total. The Morgan fingerprint density at radius 2 is 1.84 bits per heavy atom. The summed E-state index contributed by atoms with van der Waals surface area (Å²) in [7, 11) is 1.42. The Kier molecular flexibility index (Phi) is 4.72. The third kappa shape index (κ3) is 3.43. The molecule has 0 aromatic heterocycles. The topological polar surface area (TPSA) is 43.4 Å². The molecule has 0 spiro atoms. The van der Waals surface area contributed by atoms with Crippen LogP contribution >= 0.6 is 0 Å². The van der Waals surface area contributed by atoms with Gasteiger partial charge in [0.25, 0.3) is 0 Å². The minimum atomic E-state index is -0.162. The second-order valence-corrected chi connectivity index (χ2v) is 5.17. The van der Waals surface area contributed by atoms with Crippen LogP contribution in [0.2, 0.25) is 0 Å². The van der Waals surface area contributed by atoms with Gasteiger partial charge in [-0.25, -0.2) is 0 Å². The number of carbonyl (C=O) groups excluding carboxylic acids is 2. The molecule has 19 heavy (non-hydrogen) atoms. The smallest absolute Gasteiger partial charge is 0.308 e. The highest BCUT2D eigenvalue weighted by Gasteiger charge is 2.33. The fraction of sp³-hybridized carbons (Fsp3) is 0.500. The molecule has 1 aromatic carbocycles. The molecule has 1 saturated carbocycles. The van der Waals surface area contributed by atoms with Crippen LogP contribution in [0.15, 0.2) is 30.3 Å². The first-order chi connectivity index (χ1) is 9.22. The van der Waals surface area contributed by atoms with E-state index in [2.05, 4.69) is 0 Å². The van der Waals surface area contributed by atoms with Gasteiger partial charge in [0.2, 0.25) is 0 Å². The van der Waals surface area contributed by atoms with Crippen molar-refractivity contribution in [3.8, 4) is 0 Å². The lowest BCUT2D eigenvalue weighted by atomic mass is 9.76. The van der Waals surface area contributed by atoms with Crippen LogP contribution in [0.3, 0.4) is 0 Å². The lowest BCUT2D eigenvalue weighted by Crippen LogP contribution is -2.29. The van der Waals surface area contributed by atoms with Crippen molar-refractivity contribution in [3.05, 3.63) is 35.9 Å². The zero-order valence-electron chi connectivity index (χ0n) is 11.3. The number of esters is 1. The molecule has 2 rings (SSSR count). The van der Waals surface area contributed by atoms with Gasteiger partial charge in [0.1, 0.15) is 0 Å². The Morgan fingerprint density at radius 3 is 2.53 bits per heavy atom. The molecule has 0 bridgehead atoms. The van der Waals surface area contributed by atoms with Gasteiger partial charge in [0.15, 0.2) is 5.78 Å². The number of Topliss-reactive ketones (excluding diaryl/α,β-unsaturated/α-hetero) is 1. The summed E-state index contributed by atoms with van der Waals surface area (Å²) in [4.78, 5) is 24.0. The van der Waals surface area contributed by atoms with E-state index in [1.54, 1.807) is 0 Å². The van der Waals surface area contributed by atoms with Gasteiger partial charge in [-0.2, -0.15) is 0 Å². The summed E-state index contributed by atoms with van der Waals surface area (Å²) in [5, 5.41) is 0. The molecule has 3 heteroatoms. The highest BCUT2D eigenvalue weighted by atomic mass is 16.5. The van der Waals surface area contributed by atoms with Gasteiger partial charge in [0.05, 0.1) is 13.0 Å². The van der Waals surface area contributed by atoms with E-state index in [4.69, 9.17) is 4.74 Å². The van der Waals surface area contributed by atoms with E-state index in [0.717, 1.165) is 31.2 Å². The van der Waals surface area contributed by atoms with E-state index in [0.29, 0.717) is 6.42 Å². The maximum absolute atomic E-state index is 12.2. The lowest BCUT2D eigenvalue weighted by Gasteiger charge is -2.29. The van der Waals surface area contributed by atoms with E-state index in [9.17, 15) is 9.59 Å². The van der Waals surface area contributed by atoms with Crippen LogP contribution < -0.4 is 0 Å². The number of rotatable bonds is 4. The van der Waals surface area contributed by atoms with E-state index in [1.165, 1.54) is 7.11 Å². The van der Waals surface area contributed by atoms with Crippen LogP contribution in [0, 0.1) is 11.8 Å². The average Bonchev–Trinajstić information content (AvgIpc) is 2.48. The summed E-state index contributed by atoms with van der Waals surface area (Å²) in [5.41, 5.74) is 0.733. The van der Waals surface area contributed by atoms with E-state index >= 15 is 0 Å². The van der Waals surface area contributed by atoms with Crippen molar-refractivity contribution in [2.45, 2.75) is 32.1 Å². The monoisotopic (exact) mass is 260 g/mol.